The highest BCUT2D eigenvalue weighted by Gasteiger charge is 2.42. The van der Waals surface area contributed by atoms with E-state index in [0.29, 0.717) is 11.7 Å². The molecule has 0 radical (unpaired) electrons. The van der Waals surface area contributed by atoms with Crippen LogP contribution in [0, 0.1) is 5.92 Å². The van der Waals surface area contributed by atoms with Crippen LogP contribution in [0.3, 0.4) is 0 Å². The number of carbonyl (C=O) groups excluding carboxylic acids is 2. The van der Waals surface area contributed by atoms with Crippen molar-refractivity contribution >= 4 is 56.1 Å². The van der Waals surface area contributed by atoms with Crippen LogP contribution < -0.4 is 9.62 Å². The molecule has 0 spiro atoms. The highest BCUT2D eigenvalue weighted by Crippen LogP contribution is 2.31. The standard InChI is InChI=1S/C14H14ClN3O4S2/c1-8-7-24(21,22)18(13(8)20)9-2-3-11(15)10(6-9)12(19)17-14-16-4-5-23-14/h2-3,6,8H,4-5,7H2,1H3,(H,16,17,19). The van der Waals surface area contributed by atoms with Crippen molar-refractivity contribution in [1.82, 2.24) is 5.32 Å². The number of thioether (sulfide) groups is 1. The van der Waals surface area contributed by atoms with E-state index < -0.39 is 27.8 Å². The van der Waals surface area contributed by atoms with Crippen molar-refractivity contribution in [2.24, 2.45) is 10.9 Å². The molecule has 1 N–H and O–H groups in total. The molecule has 2 heterocycles. The fourth-order valence-corrected chi connectivity index (χ4v) is 5.21. The molecular formula is C14H14ClN3O4S2. The van der Waals surface area contributed by atoms with Gasteiger partial charge in [0.25, 0.3) is 5.91 Å². The van der Waals surface area contributed by atoms with Gasteiger partial charge in [0.15, 0.2) is 5.17 Å². The molecule has 1 unspecified atom stereocenters. The van der Waals surface area contributed by atoms with Crippen molar-refractivity contribution in [2.75, 3.05) is 22.4 Å². The quantitative estimate of drug-likeness (QED) is 0.829. The minimum atomic E-state index is -3.74. The SMILES string of the molecule is CC1CS(=O)(=O)N(c2ccc(Cl)c(C(=O)NC3=NCCS3)c2)C1=O. The number of hydrogen-bond acceptors (Lipinski definition) is 6. The Morgan fingerprint density at radius 3 is 2.79 bits per heavy atom. The minimum Gasteiger partial charge on any atom is -0.301 e. The van der Waals surface area contributed by atoms with E-state index in [0.717, 1.165) is 10.1 Å². The zero-order chi connectivity index (χ0) is 17.5. The molecule has 128 valence electrons. The Morgan fingerprint density at radius 2 is 2.21 bits per heavy atom. The van der Waals surface area contributed by atoms with Crippen LogP contribution in [0.2, 0.25) is 5.02 Å². The van der Waals surface area contributed by atoms with Crippen molar-refractivity contribution in [2.45, 2.75) is 6.92 Å². The smallest absolute Gasteiger partial charge is 0.258 e. The second-order valence-electron chi connectivity index (χ2n) is 5.44. The largest absolute Gasteiger partial charge is 0.301 e. The molecule has 0 aromatic heterocycles. The Kier molecular flexibility index (Phi) is 4.58. The number of nitrogens with zero attached hydrogens (tertiary/aromatic N) is 2. The molecule has 24 heavy (non-hydrogen) atoms. The van der Waals surface area contributed by atoms with Gasteiger partial charge in [-0.3, -0.25) is 14.6 Å². The summed E-state index contributed by atoms with van der Waals surface area (Å²) >= 11 is 7.47. The summed E-state index contributed by atoms with van der Waals surface area (Å²) in [5.41, 5.74) is 0.201. The van der Waals surface area contributed by atoms with Crippen LogP contribution in [0.1, 0.15) is 17.3 Å². The number of hydrogen-bond donors (Lipinski definition) is 1. The van der Waals surface area contributed by atoms with E-state index in [9.17, 15) is 18.0 Å². The Balaban J connectivity index is 1.94. The van der Waals surface area contributed by atoms with Gasteiger partial charge in [0.2, 0.25) is 15.9 Å². The molecule has 0 saturated carbocycles. The van der Waals surface area contributed by atoms with Gasteiger partial charge in [0.1, 0.15) is 0 Å². The molecule has 0 bridgehead atoms. The number of halogens is 1. The average molecular weight is 388 g/mol. The topological polar surface area (TPSA) is 95.9 Å². The number of nitrogens with one attached hydrogen (secondary N) is 1. The Labute approximate surface area is 148 Å². The molecule has 1 fully saturated rings. The van der Waals surface area contributed by atoms with E-state index in [1.165, 1.54) is 30.0 Å². The first kappa shape index (κ1) is 17.2. The number of anilines is 1. The highest BCUT2D eigenvalue weighted by atomic mass is 35.5. The number of rotatable bonds is 2. The normalized spacial score (nSPS) is 22.6. The molecule has 1 atom stereocenters. The van der Waals surface area contributed by atoms with Gasteiger partial charge >= 0.3 is 0 Å². The maximum atomic E-state index is 12.4. The molecular weight excluding hydrogens is 374 g/mol. The molecule has 1 aromatic carbocycles. The Hall–Kier alpha value is -1.58. The van der Waals surface area contributed by atoms with Crippen LogP contribution in [0.25, 0.3) is 0 Å². The average Bonchev–Trinajstić information content (AvgIpc) is 3.07. The third kappa shape index (κ3) is 3.15. The van der Waals surface area contributed by atoms with Gasteiger partial charge in [-0.2, -0.15) is 0 Å². The maximum absolute atomic E-state index is 12.4. The summed E-state index contributed by atoms with van der Waals surface area (Å²) in [7, 11) is -3.74. The third-order valence-corrected chi connectivity index (χ3v) is 6.68. The van der Waals surface area contributed by atoms with E-state index >= 15 is 0 Å². The van der Waals surface area contributed by atoms with Crippen LogP contribution in [0.15, 0.2) is 23.2 Å². The van der Waals surface area contributed by atoms with Gasteiger partial charge in [-0.15, -0.1) is 0 Å². The molecule has 10 heteroatoms. The monoisotopic (exact) mass is 387 g/mol. The lowest BCUT2D eigenvalue weighted by Crippen LogP contribution is -2.31. The maximum Gasteiger partial charge on any atom is 0.258 e. The fraction of sp³-hybridized carbons (Fsp3) is 0.357. The molecule has 0 aliphatic carbocycles. The number of aliphatic imine (C=N–C) groups is 1. The lowest BCUT2D eigenvalue weighted by atomic mass is 10.1. The van der Waals surface area contributed by atoms with Gasteiger partial charge < -0.3 is 5.32 Å². The van der Waals surface area contributed by atoms with Crippen LogP contribution in [0.4, 0.5) is 5.69 Å². The summed E-state index contributed by atoms with van der Waals surface area (Å²) < 4.78 is 25.1. The van der Waals surface area contributed by atoms with Crippen LogP contribution in [-0.4, -0.2) is 43.5 Å². The number of carbonyl (C=O) groups is 2. The van der Waals surface area contributed by atoms with Gasteiger partial charge in [0.05, 0.1) is 34.5 Å². The lowest BCUT2D eigenvalue weighted by Gasteiger charge is -2.16. The van der Waals surface area contributed by atoms with Gasteiger partial charge in [-0.05, 0) is 18.2 Å². The fourth-order valence-electron chi connectivity index (χ4n) is 2.48. The summed E-state index contributed by atoms with van der Waals surface area (Å²) in [6.07, 6.45) is 0. The van der Waals surface area contributed by atoms with E-state index in [2.05, 4.69) is 10.3 Å². The predicted octanol–water partition coefficient (Wildman–Crippen LogP) is 1.49. The first-order valence-electron chi connectivity index (χ1n) is 7.14. The zero-order valence-corrected chi connectivity index (χ0v) is 15.0. The van der Waals surface area contributed by atoms with Gasteiger partial charge in [-0.25, -0.2) is 12.7 Å². The zero-order valence-electron chi connectivity index (χ0n) is 12.7. The van der Waals surface area contributed by atoms with E-state index in [1.807, 2.05) is 0 Å². The van der Waals surface area contributed by atoms with E-state index in [1.54, 1.807) is 6.92 Å². The number of sulfonamides is 1. The minimum absolute atomic E-state index is 0.0897. The molecule has 2 amide bonds. The molecule has 7 nitrogen and oxygen atoms in total. The second-order valence-corrected chi connectivity index (χ2v) is 8.79. The summed E-state index contributed by atoms with van der Waals surface area (Å²) in [5.74, 6) is -1.08. The van der Waals surface area contributed by atoms with E-state index in [4.69, 9.17) is 11.6 Å². The second kappa shape index (κ2) is 6.38. The summed E-state index contributed by atoms with van der Waals surface area (Å²) in [5, 5.41) is 3.29. The van der Waals surface area contributed by atoms with Crippen molar-refractivity contribution in [1.29, 1.82) is 0 Å². The van der Waals surface area contributed by atoms with Crippen LogP contribution >= 0.6 is 23.4 Å². The Morgan fingerprint density at radius 1 is 1.46 bits per heavy atom. The summed E-state index contributed by atoms with van der Waals surface area (Å²) in [6, 6.07) is 4.13. The number of amidine groups is 1. The van der Waals surface area contributed by atoms with Crippen LogP contribution in [-0.2, 0) is 14.8 Å². The first-order valence-corrected chi connectivity index (χ1v) is 10.1. The van der Waals surface area contributed by atoms with Crippen molar-refractivity contribution in [3.05, 3.63) is 28.8 Å². The van der Waals surface area contributed by atoms with Crippen molar-refractivity contribution < 1.29 is 18.0 Å². The van der Waals surface area contributed by atoms with Crippen LogP contribution in [0.5, 0.6) is 0 Å². The molecule has 1 aromatic rings. The predicted molar refractivity (Wildman–Crippen MR) is 94.1 cm³/mol. The molecule has 1 saturated heterocycles. The van der Waals surface area contributed by atoms with Crippen molar-refractivity contribution in [3.8, 4) is 0 Å². The first-order chi connectivity index (χ1) is 11.3. The molecule has 2 aliphatic heterocycles. The molecule has 2 aliphatic rings. The Bertz CT molecular complexity index is 854. The number of amides is 2. The van der Waals surface area contributed by atoms with Gasteiger partial charge in [0, 0.05) is 5.75 Å². The van der Waals surface area contributed by atoms with E-state index in [-0.39, 0.29) is 22.0 Å². The third-order valence-electron chi connectivity index (χ3n) is 3.60. The lowest BCUT2D eigenvalue weighted by molar-refractivity contribution is -0.119. The van der Waals surface area contributed by atoms with Gasteiger partial charge in [-0.1, -0.05) is 30.3 Å². The van der Waals surface area contributed by atoms with Crippen molar-refractivity contribution in [3.63, 3.8) is 0 Å². The number of benzene rings is 1. The highest BCUT2D eigenvalue weighted by molar-refractivity contribution is 8.14. The molecule has 3 rings (SSSR count). The summed E-state index contributed by atoms with van der Waals surface area (Å²) in [6.45, 7) is 2.19. The summed E-state index contributed by atoms with van der Waals surface area (Å²) in [4.78, 5) is 28.6.